The molecule has 8 nitrogen and oxygen atoms in total. The zero-order valence-corrected chi connectivity index (χ0v) is 18.7. The Hall–Kier alpha value is -3.07. The number of carbonyl (C=O) groups excluding carboxylic acids is 2. The highest BCUT2D eigenvalue weighted by molar-refractivity contribution is 7.92. The molecule has 0 saturated carbocycles. The Bertz CT molecular complexity index is 1060. The summed E-state index contributed by atoms with van der Waals surface area (Å²) in [5.41, 5.74) is 1.24. The molecule has 0 aromatic heterocycles. The van der Waals surface area contributed by atoms with Crippen molar-refractivity contribution in [2.75, 3.05) is 37.5 Å². The van der Waals surface area contributed by atoms with Crippen molar-refractivity contribution in [2.45, 2.75) is 25.7 Å². The Kier molecular flexibility index (Phi) is 6.84. The van der Waals surface area contributed by atoms with Crippen LogP contribution in [0.1, 0.15) is 29.8 Å². The number of hydrogen-bond donors (Lipinski definition) is 1. The van der Waals surface area contributed by atoms with E-state index in [1.165, 1.54) is 13.0 Å². The molecule has 0 aliphatic carbocycles. The summed E-state index contributed by atoms with van der Waals surface area (Å²) in [4.78, 5) is 27.8. The number of benzene rings is 2. The molecular formula is C22H27N3O5S. The average molecular weight is 446 g/mol. The van der Waals surface area contributed by atoms with Gasteiger partial charge in [-0.15, -0.1) is 0 Å². The number of piperazine rings is 1. The van der Waals surface area contributed by atoms with E-state index in [1.807, 2.05) is 6.92 Å². The van der Waals surface area contributed by atoms with E-state index >= 15 is 0 Å². The Morgan fingerprint density at radius 2 is 1.61 bits per heavy atom. The molecular weight excluding hydrogens is 418 g/mol. The van der Waals surface area contributed by atoms with E-state index in [1.54, 1.807) is 53.1 Å². The minimum atomic E-state index is -3.89. The number of rotatable bonds is 6. The van der Waals surface area contributed by atoms with Crippen LogP contribution in [0, 0.1) is 6.92 Å². The van der Waals surface area contributed by atoms with Gasteiger partial charge in [0.2, 0.25) is 5.91 Å². The molecule has 2 aromatic rings. The molecule has 2 aromatic carbocycles. The first-order valence-corrected chi connectivity index (χ1v) is 11.6. The first-order chi connectivity index (χ1) is 14.7. The Morgan fingerprint density at radius 3 is 2.19 bits per heavy atom. The van der Waals surface area contributed by atoms with Gasteiger partial charge in [0.15, 0.2) is 0 Å². The lowest BCUT2D eigenvalue weighted by Gasteiger charge is -2.34. The van der Waals surface area contributed by atoms with Crippen LogP contribution in [0.2, 0.25) is 0 Å². The Morgan fingerprint density at radius 1 is 1.00 bits per heavy atom. The number of nitrogens with zero attached hydrogens (tertiary/aromatic N) is 2. The molecule has 1 aliphatic rings. The number of ether oxygens (including phenoxy) is 1. The third kappa shape index (κ3) is 5.35. The lowest BCUT2D eigenvalue weighted by atomic mass is 10.1. The smallest absolute Gasteiger partial charge is 0.262 e. The maximum Gasteiger partial charge on any atom is 0.262 e. The first-order valence-electron chi connectivity index (χ1n) is 10.1. The van der Waals surface area contributed by atoms with E-state index in [2.05, 4.69) is 4.72 Å². The van der Waals surface area contributed by atoms with Crippen molar-refractivity contribution in [1.29, 1.82) is 0 Å². The van der Waals surface area contributed by atoms with Crippen molar-refractivity contribution < 1.29 is 22.7 Å². The number of nitrogens with one attached hydrogen (secondary N) is 1. The summed E-state index contributed by atoms with van der Waals surface area (Å²) in [5, 5.41) is 0. The van der Waals surface area contributed by atoms with Crippen molar-refractivity contribution in [1.82, 2.24) is 9.80 Å². The van der Waals surface area contributed by atoms with Crippen LogP contribution in [0.25, 0.3) is 0 Å². The fraction of sp³-hybridized carbons (Fsp3) is 0.364. The van der Waals surface area contributed by atoms with Crippen molar-refractivity contribution >= 4 is 27.5 Å². The van der Waals surface area contributed by atoms with Crippen molar-refractivity contribution in [3.63, 3.8) is 0 Å². The topological polar surface area (TPSA) is 96.0 Å². The first kappa shape index (κ1) is 22.6. The molecule has 166 valence electrons. The minimum absolute atomic E-state index is 0.0174. The van der Waals surface area contributed by atoms with Gasteiger partial charge in [-0.3, -0.25) is 14.3 Å². The average Bonchev–Trinajstić information content (AvgIpc) is 2.75. The molecule has 31 heavy (non-hydrogen) atoms. The summed E-state index contributed by atoms with van der Waals surface area (Å²) in [6.45, 7) is 7.36. The van der Waals surface area contributed by atoms with Crippen LogP contribution in [0.4, 0.5) is 5.69 Å². The van der Waals surface area contributed by atoms with Crippen LogP contribution < -0.4 is 9.46 Å². The monoisotopic (exact) mass is 445 g/mol. The number of carbonyl (C=O) groups is 2. The molecule has 3 rings (SSSR count). The van der Waals surface area contributed by atoms with Crippen LogP contribution in [-0.4, -0.2) is 62.8 Å². The predicted molar refractivity (Wildman–Crippen MR) is 118 cm³/mol. The molecule has 1 heterocycles. The van der Waals surface area contributed by atoms with Gasteiger partial charge >= 0.3 is 0 Å². The molecule has 1 aliphatic heterocycles. The molecule has 1 N–H and O–H groups in total. The fourth-order valence-corrected chi connectivity index (χ4v) is 4.76. The highest BCUT2D eigenvalue weighted by atomic mass is 32.2. The number of amides is 2. The summed E-state index contributed by atoms with van der Waals surface area (Å²) in [6, 6.07) is 11.3. The molecule has 1 fully saturated rings. The van der Waals surface area contributed by atoms with Crippen LogP contribution >= 0.6 is 0 Å². The predicted octanol–water partition coefficient (Wildman–Crippen LogP) is 2.50. The number of aryl methyl sites for hydroxylation is 1. The molecule has 9 heteroatoms. The maximum atomic E-state index is 13.0. The molecule has 2 amide bonds. The molecule has 0 unspecified atom stereocenters. The molecule has 0 bridgehead atoms. The number of sulfonamides is 1. The van der Waals surface area contributed by atoms with Crippen molar-refractivity contribution in [3.05, 3.63) is 53.6 Å². The summed E-state index contributed by atoms with van der Waals surface area (Å²) < 4.78 is 33.9. The number of anilines is 1. The minimum Gasteiger partial charge on any atom is -0.494 e. The van der Waals surface area contributed by atoms with Crippen LogP contribution in [0.5, 0.6) is 5.75 Å². The highest BCUT2D eigenvalue weighted by Gasteiger charge is 2.25. The van der Waals surface area contributed by atoms with Gasteiger partial charge in [0.05, 0.1) is 11.5 Å². The third-order valence-electron chi connectivity index (χ3n) is 5.15. The van der Waals surface area contributed by atoms with Gasteiger partial charge in [-0.1, -0.05) is 6.07 Å². The van der Waals surface area contributed by atoms with E-state index in [4.69, 9.17) is 4.74 Å². The van der Waals surface area contributed by atoms with Gasteiger partial charge in [0.1, 0.15) is 5.75 Å². The van der Waals surface area contributed by atoms with Gasteiger partial charge < -0.3 is 14.5 Å². The van der Waals surface area contributed by atoms with E-state index in [0.29, 0.717) is 55.3 Å². The lowest BCUT2D eigenvalue weighted by molar-refractivity contribution is -0.130. The molecule has 0 radical (unpaired) electrons. The largest absolute Gasteiger partial charge is 0.494 e. The normalized spacial score (nSPS) is 14.3. The van der Waals surface area contributed by atoms with E-state index in [-0.39, 0.29) is 16.7 Å². The van der Waals surface area contributed by atoms with Gasteiger partial charge in [0, 0.05) is 44.4 Å². The van der Waals surface area contributed by atoms with Crippen molar-refractivity contribution in [3.8, 4) is 5.75 Å². The summed E-state index contributed by atoms with van der Waals surface area (Å²) in [6.07, 6.45) is 0. The zero-order valence-electron chi connectivity index (χ0n) is 17.9. The third-order valence-corrected chi connectivity index (χ3v) is 6.68. The zero-order chi connectivity index (χ0) is 22.6. The van der Waals surface area contributed by atoms with Crippen molar-refractivity contribution in [2.24, 2.45) is 0 Å². The number of hydrogen-bond acceptors (Lipinski definition) is 5. The SMILES string of the molecule is CCOc1ccc(NS(=O)(=O)c2cc(C(=O)N3CCN(C(C)=O)CC3)ccc2C)cc1. The second kappa shape index (κ2) is 9.38. The van der Waals surface area contributed by atoms with Gasteiger partial charge in [0.25, 0.3) is 15.9 Å². The van der Waals surface area contributed by atoms with Gasteiger partial charge in [-0.2, -0.15) is 0 Å². The van der Waals surface area contributed by atoms with Crippen LogP contribution in [-0.2, 0) is 14.8 Å². The van der Waals surface area contributed by atoms with E-state index in [9.17, 15) is 18.0 Å². The molecule has 0 atom stereocenters. The Labute approximate surface area is 182 Å². The fourth-order valence-electron chi connectivity index (χ4n) is 3.43. The van der Waals surface area contributed by atoms with Gasteiger partial charge in [-0.05, 0) is 55.8 Å². The van der Waals surface area contributed by atoms with E-state index < -0.39 is 10.0 Å². The second-order valence-electron chi connectivity index (χ2n) is 7.34. The summed E-state index contributed by atoms with van der Waals surface area (Å²) >= 11 is 0. The maximum absolute atomic E-state index is 13.0. The summed E-state index contributed by atoms with van der Waals surface area (Å²) in [7, 11) is -3.89. The standard InChI is InChI=1S/C22H27N3O5S/c1-4-30-20-9-7-19(8-10-20)23-31(28,29)21-15-18(6-5-16(21)2)22(27)25-13-11-24(12-14-25)17(3)26/h5-10,15,23H,4,11-14H2,1-3H3. The lowest BCUT2D eigenvalue weighted by Crippen LogP contribution is -2.50. The highest BCUT2D eigenvalue weighted by Crippen LogP contribution is 2.23. The van der Waals surface area contributed by atoms with Crippen LogP contribution in [0.15, 0.2) is 47.4 Å². The second-order valence-corrected chi connectivity index (χ2v) is 8.99. The van der Waals surface area contributed by atoms with E-state index in [0.717, 1.165) is 0 Å². The quantitative estimate of drug-likeness (QED) is 0.737. The molecule has 0 spiro atoms. The Balaban J connectivity index is 1.78. The van der Waals surface area contributed by atoms with Gasteiger partial charge in [-0.25, -0.2) is 8.42 Å². The van der Waals surface area contributed by atoms with Crippen LogP contribution in [0.3, 0.4) is 0 Å². The summed E-state index contributed by atoms with van der Waals surface area (Å²) in [5.74, 6) is 0.385. The molecule has 1 saturated heterocycles.